The van der Waals surface area contributed by atoms with E-state index in [9.17, 15) is 9.90 Å². The largest absolute Gasteiger partial charge is 0.494 e. The summed E-state index contributed by atoms with van der Waals surface area (Å²) < 4.78 is 5.35. The summed E-state index contributed by atoms with van der Waals surface area (Å²) in [5, 5.41) is 10.4. The fourth-order valence-corrected chi connectivity index (χ4v) is 3.41. The minimum absolute atomic E-state index is 0.0897. The summed E-state index contributed by atoms with van der Waals surface area (Å²) >= 11 is 0. The lowest BCUT2D eigenvalue weighted by atomic mass is 10.00. The Morgan fingerprint density at radius 2 is 1.52 bits per heavy atom. The number of carbonyl (C=O) groups excluding carboxylic acids is 1. The molecule has 0 spiro atoms. The summed E-state index contributed by atoms with van der Waals surface area (Å²) in [6.07, 6.45) is 1.51. The zero-order chi connectivity index (χ0) is 18.4. The molecule has 1 aliphatic rings. The monoisotopic (exact) mass is 354 g/mol. The zero-order valence-electron chi connectivity index (χ0n) is 14.1. The lowest BCUT2D eigenvalue weighted by Crippen LogP contribution is -1.97. The molecule has 4 aromatic rings. The average molecular weight is 354 g/mol. The van der Waals surface area contributed by atoms with Crippen molar-refractivity contribution in [1.82, 2.24) is 4.98 Å². The van der Waals surface area contributed by atoms with Crippen LogP contribution in [0.15, 0.2) is 82.4 Å². The number of nitrogens with one attached hydrogen (secondary N) is 1. The number of H-pyrrole nitrogens is 1. The predicted octanol–water partition coefficient (Wildman–Crippen LogP) is 4.64. The molecule has 1 amide bonds. The van der Waals surface area contributed by atoms with Crippen LogP contribution >= 0.6 is 0 Å². The van der Waals surface area contributed by atoms with Gasteiger partial charge in [-0.3, -0.25) is 4.79 Å². The summed E-state index contributed by atoms with van der Waals surface area (Å²) in [6, 6.07) is 21.3. The van der Waals surface area contributed by atoms with Crippen molar-refractivity contribution < 1.29 is 14.3 Å². The summed E-state index contributed by atoms with van der Waals surface area (Å²) in [5.74, 6) is -0.0365. The molecule has 0 bridgehead atoms. The van der Waals surface area contributed by atoms with Gasteiger partial charge in [0.15, 0.2) is 11.6 Å². The quantitative estimate of drug-likeness (QED) is 0.563. The Hall–Kier alpha value is -3.86. The van der Waals surface area contributed by atoms with Gasteiger partial charge < -0.3 is 14.5 Å². The number of rotatable bonds is 3. The molecule has 5 nitrogen and oxygen atoms in total. The molecule has 0 radical (unpaired) electrons. The van der Waals surface area contributed by atoms with Crippen LogP contribution in [-0.2, 0) is 0 Å². The molecule has 0 saturated carbocycles. The molecule has 130 valence electrons. The molecule has 3 heterocycles. The third-order valence-corrected chi connectivity index (χ3v) is 4.68. The Balaban J connectivity index is 1.58. The molecule has 0 unspecified atom stereocenters. The molecule has 2 N–H and O–H groups in total. The number of hydrogen-bond acceptors (Lipinski definition) is 3. The molecule has 27 heavy (non-hydrogen) atoms. The number of furan rings is 1. The van der Waals surface area contributed by atoms with E-state index in [-0.39, 0.29) is 5.88 Å². The van der Waals surface area contributed by atoms with Gasteiger partial charge in [0.05, 0.1) is 23.1 Å². The standard InChI is InChI=1S/C22H14N2O3/c25-21-17-18(20(24-21)16-7-4-12-27-16)22(26)23-19(17)15-10-8-14(9-11-15)13-5-2-1-3-6-13/h1-12,23,26H. The Morgan fingerprint density at radius 1 is 0.815 bits per heavy atom. The number of amides is 1. The van der Waals surface area contributed by atoms with Crippen molar-refractivity contribution in [3.05, 3.63) is 89.9 Å². The van der Waals surface area contributed by atoms with E-state index in [4.69, 9.17) is 4.42 Å². The number of aromatic nitrogens is 1. The van der Waals surface area contributed by atoms with Crippen LogP contribution in [0.25, 0.3) is 22.4 Å². The second-order valence-electron chi connectivity index (χ2n) is 6.28. The van der Waals surface area contributed by atoms with E-state index in [1.807, 2.05) is 54.6 Å². The molecule has 5 rings (SSSR count). The maximum absolute atomic E-state index is 12.5. The summed E-state index contributed by atoms with van der Waals surface area (Å²) in [4.78, 5) is 19.5. The highest BCUT2D eigenvalue weighted by Crippen LogP contribution is 2.38. The third kappa shape index (κ3) is 2.40. The molecule has 0 aliphatic carbocycles. The van der Waals surface area contributed by atoms with Gasteiger partial charge in [-0.15, -0.1) is 0 Å². The van der Waals surface area contributed by atoms with E-state index in [1.165, 1.54) is 6.26 Å². The van der Waals surface area contributed by atoms with Gasteiger partial charge in [0, 0.05) is 0 Å². The third-order valence-electron chi connectivity index (χ3n) is 4.68. The van der Waals surface area contributed by atoms with Crippen molar-refractivity contribution in [2.45, 2.75) is 0 Å². The SMILES string of the molecule is O=C1N=C(c2ccco2)c2c(O)[nH]c(-c3ccc(-c4ccccc4)cc3)c21. The molecule has 0 fully saturated rings. The average Bonchev–Trinajstić information content (AvgIpc) is 3.42. The van der Waals surface area contributed by atoms with E-state index < -0.39 is 5.91 Å². The second kappa shape index (κ2) is 5.85. The van der Waals surface area contributed by atoms with Crippen LogP contribution in [-0.4, -0.2) is 21.7 Å². The number of hydrogen-bond donors (Lipinski definition) is 2. The minimum Gasteiger partial charge on any atom is -0.494 e. The van der Waals surface area contributed by atoms with E-state index in [2.05, 4.69) is 9.98 Å². The topological polar surface area (TPSA) is 78.6 Å². The molecule has 0 saturated heterocycles. The zero-order valence-corrected chi connectivity index (χ0v) is 14.1. The van der Waals surface area contributed by atoms with E-state index in [0.717, 1.165) is 16.7 Å². The van der Waals surface area contributed by atoms with Crippen molar-refractivity contribution >= 4 is 11.6 Å². The maximum Gasteiger partial charge on any atom is 0.280 e. The van der Waals surface area contributed by atoms with Crippen LogP contribution in [0.4, 0.5) is 0 Å². The fraction of sp³-hybridized carbons (Fsp3) is 0. The van der Waals surface area contributed by atoms with Gasteiger partial charge in [0.2, 0.25) is 0 Å². The van der Waals surface area contributed by atoms with Gasteiger partial charge in [-0.2, -0.15) is 0 Å². The van der Waals surface area contributed by atoms with Gasteiger partial charge in [-0.25, -0.2) is 4.99 Å². The van der Waals surface area contributed by atoms with Crippen LogP contribution in [0.2, 0.25) is 0 Å². The number of benzene rings is 2. The molecule has 5 heteroatoms. The normalized spacial score (nSPS) is 12.9. The Labute approximate surface area is 154 Å². The number of aromatic hydroxyl groups is 1. The minimum atomic E-state index is -0.393. The van der Waals surface area contributed by atoms with Crippen LogP contribution in [0.5, 0.6) is 5.88 Å². The number of aliphatic imine (C=N–C) groups is 1. The van der Waals surface area contributed by atoms with Crippen LogP contribution < -0.4 is 0 Å². The highest BCUT2D eigenvalue weighted by molar-refractivity contribution is 6.29. The van der Waals surface area contributed by atoms with E-state index >= 15 is 0 Å². The van der Waals surface area contributed by atoms with Crippen LogP contribution in [0, 0.1) is 0 Å². The van der Waals surface area contributed by atoms with Crippen molar-refractivity contribution in [3.8, 4) is 28.3 Å². The van der Waals surface area contributed by atoms with Crippen molar-refractivity contribution in [2.75, 3.05) is 0 Å². The number of nitrogens with zero attached hydrogens (tertiary/aromatic N) is 1. The first kappa shape index (κ1) is 15.4. The summed E-state index contributed by atoms with van der Waals surface area (Å²) in [5.41, 5.74) is 4.64. The summed E-state index contributed by atoms with van der Waals surface area (Å²) in [6.45, 7) is 0. The van der Waals surface area contributed by atoms with Crippen LogP contribution in [0.1, 0.15) is 21.7 Å². The molecule has 0 atom stereocenters. The number of carbonyl (C=O) groups is 1. The van der Waals surface area contributed by atoms with Crippen molar-refractivity contribution in [2.24, 2.45) is 4.99 Å². The van der Waals surface area contributed by atoms with Gasteiger partial charge in [-0.1, -0.05) is 54.6 Å². The number of fused-ring (bicyclic) bond motifs is 1. The van der Waals surface area contributed by atoms with E-state index in [1.54, 1.807) is 12.1 Å². The fourth-order valence-electron chi connectivity index (χ4n) is 3.41. The molecular formula is C22H14N2O3. The first-order chi connectivity index (χ1) is 13.2. The van der Waals surface area contributed by atoms with E-state index in [0.29, 0.717) is 28.3 Å². The Morgan fingerprint density at radius 3 is 2.22 bits per heavy atom. The van der Waals surface area contributed by atoms with Crippen LogP contribution in [0.3, 0.4) is 0 Å². The highest BCUT2D eigenvalue weighted by Gasteiger charge is 2.34. The summed E-state index contributed by atoms with van der Waals surface area (Å²) in [7, 11) is 0. The first-order valence-corrected chi connectivity index (χ1v) is 8.50. The Kier molecular flexibility index (Phi) is 3.33. The first-order valence-electron chi connectivity index (χ1n) is 8.50. The van der Waals surface area contributed by atoms with Gasteiger partial charge in [-0.05, 0) is 28.8 Å². The second-order valence-corrected chi connectivity index (χ2v) is 6.28. The lowest BCUT2D eigenvalue weighted by Gasteiger charge is -2.04. The molecular weight excluding hydrogens is 340 g/mol. The molecule has 2 aromatic heterocycles. The maximum atomic E-state index is 12.5. The van der Waals surface area contributed by atoms with Gasteiger partial charge in [0.1, 0.15) is 5.71 Å². The molecule has 2 aromatic carbocycles. The van der Waals surface area contributed by atoms with Gasteiger partial charge in [0.25, 0.3) is 5.91 Å². The lowest BCUT2D eigenvalue weighted by molar-refractivity contribution is 0.101. The molecule has 1 aliphatic heterocycles. The predicted molar refractivity (Wildman–Crippen MR) is 102 cm³/mol. The smallest absolute Gasteiger partial charge is 0.280 e. The Bertz CT molecular complexity index is 1170. The number of aromatic amines is 1. The highest BCUT2D eigenvalue weighted by atomic mass is 16.3. The van der Waals surface area contributed by atoms with Crippen molar-refractivity contribution in [3.63, 3.8) is 0 Å². The van der Waals surface area contributed by atoms with Gasteiger partial charge >= 0.3 is 0 Å². The van der Waals surface area contributed by atoms with Crippen molar-refractivity contribution in [1.29, 1.82) is 0 Å².